The van der Waals surface area contributed by atoms with Gasteiger partial charge in [-0.3, -0.25) is 14.3 Å². The lowest BCUT2D eigenvalue weighted by Crippen LogP contribution is -2.51. The van der Waals surface area contributed by atoms with Gasteiger partial charge in [-0.25, -0.2) is 0 Å². The van der Waals surface area contributed by atoms with E-state index >= 15 is 0 Å². The Bertz CT molecular complexity index is 527. The fourth-order valence-corrected chi connectivity index (χ4v) is 3.93. The van der Waals surface area contributed by atoms with Crippen molar-refractivity contribution in [2.24, 2.45) is 5.92 Å². The van der Waals surface area contributed by atoms with Crippen LogP contribution in [-0.2, 0) is 16.2 Å². The lowest BCUT2D eigenvalue weighted by molar-refractivity contribution is -0.123. The lowest BCUT2D eigenvalue weighted by Gasteiger charge is -2.32. The molecule has 5 nitrogen and oxygen atoms in total. The van der Waals surface area contributed by atoms with E-state index in [0.717, 1.165) is 57.3 Å². The van der Waals surface area contributed by atoms with Crippen molar-refractivity contribution >= 4 is 15.2 Å². The number of nitrogens with zero attached hydrogens (tertiary/aromatic N) is 1. The number of carbonyl (C=O) groups is 1. The quantitative estimate of drug-likeness (QED) is 0.575. The van der Waals surface area contributed by atoms with Gasteiger partial charge in [-0.05, 0) is 37.2 Å². The number of rotatable bonds is 7. The molecule has 138 valence electrons. The Morgan fingerprint density at radius 1 is 1.20 bits per heavy atom. The molecule has 25 heavy (non-hydrogen) atoms. The van der Waals surface area contributed by atoms with Gasteiger partial charge in [0, 0.05) is 32.1 Å². The van der Waals surface area contributed by atoms with E-state index in [1.165, 1.54) is 0 Å². The Hall–Kier alpha value is -0.840. The number of hydrogen-bond donors (Lipinski definition) is 2. The Morgan fingerprint density at radius 2 is 1.96 bits per heavy atom. The molecule has 1 aromatic rings. The first-order chi connectivity index (χ1) is 12.2. The number of ketones is 1. The van der Waals surface area contributed by atoms with Crippen molar-refractivity contribution in [1.82, 2.24) is 15.5 Å². The normalized spacial score (nSPS) is 25.8. The minimum absolute atomic E-state index is 0.0289. The number of carbonyl (C=O) groups excluding carboxylic acids is 1. The van der Waals surface area contributed by atoms with Crippen LogP contribution in [0.25, 0.3) is 0 Å². The molecule has 1 aromatic carbocycles. The fourth-order valence-electron chi connectivity index (χ4n) is 3.63. The van der Waals surface area contributed by atoms with Crippen LogP contribution in [0.1, 0.15) is 37.7 Å². The van der Waals surface area contributed by atoms with Crippen LogP contribution in [0.3, 0.4) is 0 Å². The zero-order valence-electron chi connectivity index (χ0n) is 14.8. The molecule has 0 amide bonds. The van der Waals surface area contributed by atoms with E-state index in [0.29, 0.717) is 18.3 Å². The SMILES string of the molecule is O=C(CC1CCN(P)CC1)C1CC[C@@H](NOCc2ccccc2)CN1. The first-order valence-electron chi connectivity index (χ1n) is 9.37. The van der Waals surface area contributed by atoms with E-state index < -0.39 is 0 Å². The van der Waals surface area contributed by atoms with Crippen molar-refractivity contribution < 1.29 is 9.63 Å². The molecule has 3 atom stereocenters. The summed E-state index contributed by atoms with van der Waals surface area (Å²) < 4.78 is 2.27. The highest BCUT2D eigenvalue weighted by atomic mass is 31.0. The Labute approximate surface area is 153 Å². The molecule has 2 aliphatic heterocycles. The first-order valence-corrected chi connectivity index (χ1v) is 9.89. The van der Waals surface area contributed by atoms with E-state index in [4.69, 9.17) is 4.84 Å². The highest BCUT2D eigenvalue weighted by Gasteiger charge is 2.28. The topological polar surface area (TPSA) is 53.6 Å². The zero-order chi connectivity index (χ0) is 17.5. The molecule has 2 saturated heterocycles. The van der Waals surface area contributed by atoms with Gasteiger partial charge in [-0.2, -0.15) is 5.48 Å². The molecule has 6 heteroatoms. The first kappa shape index (κ1) is 18.9. The van der Waals surface area contributed by atoms with Crippen molar-refractivity contribution in [3.63, 3.8) is 0 Å². The number of hydroxylamine groups is 1. The maximum Gasteiger partial charge on any atom is 0.150 e. The Morgan fingerprint density at radius 3 is 2.64 bits per heavy atom. The number of nitrogens with one attached hydrogen (secondary N) is 2. The third-order valence-electron chi connectivity index (χ3n) is 5.27. The molecule has 0 aromatic heterocycles. The summed E-state index contributed by atoms with van der Waals surface area (Å²) in [5.74, 6) is 0.960. The van der Waals surface area contributed by atoms with E-state index in [-0.39, 0.29) is 12.1 Å². The monoisotopic (exact) mass is 363 g/mol. The van der Waals surface area contributed by atoms with Crippen LogP contribution in [0.2, 0.25) is 0 Å². The van der Waals surface area contributed by atoms with Gasteiger partial charge >= 0.3 is 0 Å². The van der Waals surface area contributed by atoms with Gasteiger partial charge in [0.05, 0.1) is 12.6 Å². The fraction of sp³-hybridized carbons (Fsp3) is 0.632. The summed E-state index contributed by atoms with van der Waals surface area (Å²) in [4.78, 5) is 18.1. The third-order valence-corrected chi connectivity index (χ3v) is 5.79. The highest BCUT2D eigenvalue weighted by Crippen LogP contribution is 2.24. The van der Waals surface area contributed by atoms with E-state index in [1.807, 2.05) is 18.2 Å². The predicted octanol–water partition coefficient (Wildman–Crippen LogP) is 2.29. The maximum atomic E-state index is 12.5. The van der Waals surface area contributed by atoms with Gasteiger partial charge in [0.15, 0.2) is 0 Å². The number of piperidine rings is 2. The summed E-state index contributed by atoms with van der Waals surface area (Å²) in [5.41, 5.74) is 4.29. The molecule has 0 radical (unpaired) electrons. The van der Waals surface area contributed by atoms with Gasteiger partial charge in [0.25, 0.3) is 0 Å². The van der Waals surface area contributed by atoms with Crippen LogP contribution in [0.4, 0.5) is 0 Å². The molecular formula is C19H30N3O2P. The summed E-state index contributed by atoms with van der Waals surface area (Å²) in [7, 11) is 2.76. The van der Waals surface area contributed by atoms with Crippen molar-refractivity contribution in [3.05, 3.63) is 35.9 Å². The molecule has 2 unspecified atom stereocenters. The number of Topliss-reactive ketones (excluding diaryl/α,β-unsaturated/α-hetero) is 1. The number of hydrogen-bond acceptors (Lipinski definition) is 5. The summed E-state index contributed by atoms with van der Waals surface area (Å²) in [5, 5.41) is 3.41. The average molecular weight is 363 g/mol. The minimum atomic E-state index is 0.0289. The van der Waals surface area contributed by atoms with E-state index in [9.17, 15) is 4.79 Å². The van der Waals surface area contributed by atoms with Crippen LogP contribution in [-0.4, -0.2) is 42.2 Å². The van der Waals surface area contributed by atoms with Crippen LogP contribution in [0.5, 0.6) is 0 Å². The highest BCUT2D eigenvalue weighted by molar-refractivity contribution is 7.13. The Balaban J connectivity index is 1.32. The zero-order valence-corrected chi connectivity index (χ0v) is 16.0. The minimum Gasteiger partial charge on any atom is -0.306 e. The standard InChI is InChI=1S/C19H30N3O2P/c23-19(12-15-8-10-22(25)11-9-15)18-7-6-17(13-20-18)21-24-14-16-4-2-1-3-5-16/h1-5,15,17-18,20-21H,6-14,25H2/t17-,18?/m1/s1. The van der Waals surface area contributed by atoms with E-state index in [2.05, 4.69) is 37.0 Å². The molecule has 2 heterocycles. The van der Waals surface area contributed by atoms with Gasteiger partial charge in [-0.15, -0.1) is 0 Å². The molecule has 2 fully saturated rings. The molecule has 2 N–H and O–H groups in total. The maximum absolute atomic E-state index is 12.5. The van der Waals surface area contributed by atoms with Crippen molar-refractivity contribution in [3.8, 4) is 0 Å². The second-order valence-corrected chi connectivity index (χ2v) is 8.01. The van der Waals surface area contributed by atoms with Crippen LogP contribution >= 0.6 is 9.39 Å². The second kappa shape index (κ2) is 9.75. The van der Waals surface area contributed by atoms with Gasteiger partial charge in [0.1, 0.15) is 5.78 Å². The predicted molar refractivity (Wildman–Crippen MR) is 103 cm³/mol. The summed E-state index contributed by atoms with van der Waals surface area (Å²) in [6.45, 7) is 3.53. The molecular weight excluding hydrogens is 333 g/mol. The van der Waals surface area contributed by atoms with Crippen LogP contribution < -0.4 is 10.8 Å². The number of benzene rings is 1. The van der Waals surface area contributed by atoms with Crippen molar-refractivity contribution in [2.75, 3.05) is 19.6 Å². The summed E-state index contributed by atoms with van der Waals surface area (Å²) >= 11 is 0. The van der Waals surface area contributed by atoms with Gasteiger partial charge in [0.2, 0.25) is 0 Å². The lowest BCUT2D eigenvalue weighted by atomic mass is 9.88. The van der Waals surface area contributed by atoms with Crippen LogP contribution in [0, 0.1) is 5.92 Å². The summed E-state index contributed by atoms with van der Waals surface area (Å²) in [6, 6.07) is 10.4. The van der Waals surface area contributed by atoms with E-state index in [1.54, 1.807) is 0 Å². The van der Waals surface area contributed by atoms with Crippen molar-refractivity contribution in [1.29, 1.82) is 0 Å². The molecule has 0 aliphatic carbocycles. The summed E-state index contributed by atoms with van der Waals surface area (Å²) in [6.07, 6.45) is 4.88. The van der Waals surface area contributed by atoms with Crippen molar-refractivity contribution in [2.45, 2.75) is 50.8 Å². The molecule has 0 saturated carbocycles. The van der Waals surface area contributed by atoms with Gasteiger partial charge < -0.3 is 5.32 Å². The smallest absolute Gasteiger partial charge is 0.150 e. The molecule has 2 aliphatic rings. The second-order valence-electron chi connectivity index (χ2n) is 7.28. The Kier molecular flexibility index (Phi) is 7.38. The molecule has 3 rings (SSSR count). The average Bonchev–Trinajstić information content (AvgIpc) is 2.65. The largest absolute Gasteiger partial charge is 0.306 e. The molecule has 0 spiro atoms. The molecule has 0 bridgehead atoms. The third kappa shape index (κ3) is 6.12. The van der Waals surface area contributed by atoms with Gasteiger partial charge in [-0.1, -0.05) is 39.7 Å². The van der Waals surface area contributed by atoms with Crippen LogP contribution in [0.15, 0.2) is 30.3 Å².